The van der Waals surface area contributed by atoms with Crippen LogP contribution in [0.15, 0.2) is 30.6 Å². The lowest BCUT2D eigenvalue weighted by atomic mass is 10.1. The van der Waals surface area contributed by atoms with Crippen LogP contribution in [-0.2, 0) is 0 Å². The highest BCUT2D eigenvalue weighted by molar-refractivity contribution is 6.31. The fourth-order valence-electron chi connectivity index (χ4n) is 2.92. The van der Waals surface area contributed by atoms with Crippen molar-refractivity contribution < 1.29 is 9.18 Å². The molecule has 1 aromatic heterocycles. The lowest BCUT2D eigenvalue weighted by molar-refractivity contribution is 0.102. The van der Waals surface area contributed by atoms with Gasteiger partial charge in [-0.15, -0.1) is 0 Å². The maximum Gasteiger partial charge on any atom is 0.275 e. The molecule has 132 valence electrons. The van der Waals surface area contributed by atoms with E-state index in [1.54, 1.807) is 6.20 Å². The first-order chi connectivity index (χ1) is 12.1. The maximum atomic E-state index is 13.1. The van der Waals surface area contributed by atoms with E-state index in [9.17, 15) is 9.18 Å². The molecule has 25 heavy (non-hydrogen) atoms. The van der Waals surface area contributed by atoms with Gasteiger partial charge in [-0.05, 0) is 31.0 Å². The Bertz CT molecular complexity index is 730. The molecule has 1 aliphatic carbocycles. The first-order valence-electron chi connectivity index (χ1n) is 8.47. The number of aromatic nitrogens is 2. The molecule has 0 aliphatic heterocycles. The molecule has 2 aromatic rings. The second-order valence-corrected chi connectivity index (χ2v) is 6.61. The van der Waals surface area contributed by atoms with Crippen LogP contribution in [-0.4, -0.2) is 21.9 Å². The van der Waals surface area contributed by atoms with Gasteiger partial charge >= 0.3 is 0 Å². The normalized spacial score (nSPS) is 15.4. The Hall–Kier alpha value is -2.21. The van der Waals surface area contributed by atoms with Gasteiger partial charge in [-0.25, -0.2) is 14.4 Å². The largest absolute Gasteiger partial charge is 0.366 e. The van der Waals surface area contributed by atoms with Crippen LogP contribution in [0.5, 0.6) is 0 Å². The van der Waals surface area contributed by atoms with Crippen molar-refractivity contribution in [2.75, 3.05) is 10.6 Å². The Kier molecular flexibility index (Phi) is 5.81. The van der Waals surface area contributed by atoms with Crippen LogP contribution in [0.3, 0.4) is 0 Å². The monoisotopic (exact) mass is 362 g/mol. The minimum Gasteiger partial charge on any atom is -0.366 e. The van der Waals surface area contributed by atoms with Gasteiger partial charge in [-0.2, -0.15) is 0 Å². The summed E-state index contributed by atoms with van der Waals surface area (Å²) in [5, 5.41) is 5.96. The van der Waals surface area contributed by atoms with Gasteiger partial charge in [0.25, 0.3) is 5.91 Å². The topological polar surface area (TPSA) is 66.9 Å². The predicted molar refractivity (Wildman–Crippen MR) is 96.5 cm³/mol. The molecule has 0 atom stereocenters. The van der Waals surface area contributed by atoms with E-state index in [0.717, 1.165) is 12.8 Å². The molecule has 1 saturated carbocycles. The zero-order valence-corrected chi connectivity index (χ0v) is 14.5. The van der Waals surface area contributed by atoms with E-state index in [1.165, 1.54) is 50.1 Å². The SMILES string of the molecule is O=C(Nc1ccc(F)c(Cl)c1)c1cnc(NC2CCCCCC2)cn1. The molecule has 7 heteroatoms. The number of hydrogen-bond acceptors (Lipinski definition) is 4. The van der Waals surface area contributed by atoms with Gasteiger partial charge in [0.15, 0.2) is 0 Å². The average molecular weight is 363 g/mol. The molecular weight excluding hydrogens is 343 g/mol. The number of benzene rings is 1. The first kappa shape index (κ1) is 17.6. The van der Waals surface area contributed by atoms with Crippen LogP contribution in [0.1, 0.15) is 49.0 Å². The molecule has 2 N–H and O–H groups in total. The van der Waals surface area contributed by atoms with Gasteiger partial charge in [0, 0.05) is 11.7 Å². The number of halogens is 2. The molecule has 0 saturated heterocycles. The second-order valence-electron chi connectivity index (χ2n) is 6.20. The van der Waals surface area contributed by atoms with Gasteiger partial charge in [-0.1, -0.05) is 37.3 Å². The summed E-state index contributed by atoms with van der Waals surface area (Å²) in [5.74, 6) is -0.280. The molecule has 0 bridgehead atoms. The van der Waals surface area contributed by atoms with Gasteiger partial charge in [0.05, 0.1) is 17.4 Å². The Morgan fingerprint density at radius 2 is 1.88 bits per heavy atom. The minimum atomic E-state index is -0.534. The van der Waals surface area contributed by atoms with Crippen LogP contribution >= 0.6 is 11.6 Å². The third kappa shape index (κ3) is 4.89. The fourth-order valence-corrected chi connectivity index (χ4v) is 3.10. The Labute approximate surface area is 151 Å². The fraction of sp³-hybridized carbons (Fsp3) is 0.389. The van der Waals surface area contributed by atoms with E-state index in [1.807, 2.05) is 0 Å². The molecule has 1 fully saturated rings. The van der Waals surface area contributed by atoms with Crippen molar-refractivity contribution in [1.29, 1.82) is 0 Å². The standard InChI is InChI=1S/C18H20ClFN4O/c19-14-9-13(7-8-15(14)20)24-18(25)16-10-22-17(11-21-16)23-12-5-3-1-2-4-6-12/h7-12H,1-6H2,(H,22,23)(H,24,25). The first-order valence-corrected chi connectivity index (χ1v) is 8.84. The van der Waals surface area contributed by atoms with E-state index in [0.29, 0.717) is 17.5 Å². The summed E-state index contributed by atoms with van der Waals surface area (Å²) in [6.45, 7) is 0. The van der Waals surface area contributed by atoms with E-state index in [-0.39, 0.29) is 10.7 Å². The minimum absolute atomic E-state index is 0.0492. The van der Waals surface area contributed by atoms with Crippen molar-refractivity contribution >= 4 is 29.0 Å². The molecule has 0 radical (unpaired) electrons. The molecular formula is C18H20ClFN4O. The summed E-state index contributed by atoms with van der Waals surface area (Å²) < 4.78 is 13.1. The molecule has 0 spiro atoms. The van der Waals surface area contributed by atoms with Crippen LogP contribution in [0.4, 0.5) is 15.9 Å². The molecule has 1 aromatic carbocycles. The molecule has 1 aliphatic rings. The third-order valence-corrected chi connectivity index (χ3v) is 4.56. The number of carbonyl (C=O) groups excluding carboxylic acids is 1. The van der Waals surface area contributed by atoms with E-state index < -0.39 is 11.7 Å². The highest BCUT2D eigenvalue weighted by Crippen LogP contribution is 2.21. The number of carbonyl (C=O) groups is 1. The van der Waals surface area contributed by atoms with Crippen LogP contribution in [0.2, 0.25) is 5.02 Å². The van der Waals surface area contributed by atoms with Gasteiger partial charge in [0.2, 0.25) is 0 Å². The lowest BCUT2D eigenvalue weighted by Gasteiger charge is -2.16. The number of anilines is 2. The van der Waals surface area contributed by atoms with Gasteiger partial charge in [0.1, 0.15) is 17.3 Å². The maximum absolute atomic E-state index is 13.1. The van der Waals surface area contributed by atoms with Gasteiger partial charge < -0.3 is 10.6 Å². The highest BCUT2D eigenvalue weighted by atomic mass is 35.5. The number of rotatable bonds is 4. The highest BCUT2D eigenvalue weighted by Gasteiger charge is 2.14. The zero-order valence-electron chi connectivity index (χ0n) is 13.8. The number of hydrogen-bond donors (Lipinski definition) is 2. The molecule has 3 rings (SSSR count). The molecule has 0 unspecified atom stereocenters. The molecule has 1 heterocycles. The van der Waals surface area contributed by atoms with E-state index in [2.05, 4.69) is 20.6 Å². The van der Waals surface area contributed by atoms with E-state index >= 15 is 0 Å². The van der Waals surface area contributed by atoms with Crippen LogP contribution in [0.25, 0.3) is 0 Å². The Balaban J connectivity index is 1.60. The average Bonchev–Trinajstić information content (AvgIpc) is 2.87. The zero-order chi connectivity index (χ0) is 17.6. The van der Waals surface area contributed by atoms with Crippen LogP contribution < -0.4 is 10.6 Å². The van der Waals surface area contributed by atoms with Crippen molar-refractivity contribution in [1.82, 2.24) is 9.97 Å². The Morgan fingerprint density at radius 3 is 2.52 bits per heavy atom. The number of nitrogens with one attached hydrogen (secondary N) is 2. The van der Waals surface area contributed by atoms with E-state index in [4.69, 9.17) is 11.6 Å². The number of amides is 1. The molecule has 1 amide bonds. The van der Waals surface area contributed by atoms with Gasteiger partial charge in [-0.3, -0.25) is 4.79 Å². The number of nitrogens with zero attached hydrogens (tertiary/aromatic N) is 2. The smallest absolute Gasteiger partial charge is 0.275 e. The summed E-state index contributed by atoms with van der Waals surface area (Å²) in [6, 6.07) is 4.40. The van der Waals surface area contributed by atoms with Crippen LogP contribution in [0, 0.1) is 5.82 Å². The predicted octanol–water partition coefficient (Wildman–Crippen LogP) is 4.66. The molecule has 5 nitrogen and oxygen atoms in total. The third-order valence-electron chi connectivity index (χ3n) is 4.27. The summed E-state index contributed by atoms with van der Waals surface area (Å²) in [6.07, 6.45) is 10.3. The summed E-state index contributed by atoms with van der Waals surface area (Å²) in [4.78, 5) is 20.6. The van der Waals surface area contributed by atoms with Crippen molar-refractivity contribution in [2.45, 2.75) is 44.6 Å². The second kappa shape index (κ2) is 8.25. The van der Waals surface area contributed by atoms with Crippen molar-refractivity contribution in [3.8, 4) is 0 Å². The summed E-state index contributed by atoms with van der Waals surface area (Å²) in [7, 11) is 0. The Morgan fingerprint density at radius 1 is 1.12 bits per heavy atom. The quantitative estimate of drug-likeness (QED) is 0.776. The van der Waals surface area contributed by atoms with Crippen molar-refractivity contribution in [3.05, 3.63) is 47.1 Å². The summed E-state index contributed by atoms with van der Waals surface area (Å²) >= 11 is 5.71. The summed E-state index contributed by atoms with van der Waals surface area (Å²) in [5.41, 5.74) is 0.589. The van der Waals surface area contributed by atoms with Crippen molar-refractivity contribution in [3.63, 3.8) is 0 Å². The van der Waals surface area contributed by atoms with Crippen molar-refractivity contribution in [2.24, 2.45) is 0 Å². The lowest BCUT2D eigenvalue weighted by Crippen LogP contribution is -2.20.